The molecule has 0 spiro atoms. The van der Waals surface area contributed by atoms with Crippen LogP contribution < -0.4 is 5.32 Å². The number of methoxy groups -OCH3 is 1. The number of halogens is 1. The number of benzene rings is 1. The Bertz CT molecular complexity index is 534. The van der Waals surface area contributed by atoms with Gasteiger partial charge in [0, 0.05) is 17.5 Å². The number of hydrogen-bond acceptors (Lipinski definition) is 3. The molecule has 1 heterocycles. The van der Waals surface area contributed by atoms with Crippen molar-refractivity contribution in [3.63, 3.8) is 0 Å². The number of nitrogens with one attached hydrogen (secondary N) is 1. The first-order chi connectivity index (χ1) is 9.19. The molecule has 104 valence electrons. The zero-order chi connectivity index (χ0) is 13.8. The Kier molecular flexibility index (Phi) is 4.86. The van der Waals surface area contributed by atoms with Gasteiger partial charge in [0.25, 0.3) is 0 Å². The third-order valence-electron chi connectivity index (χ3n) is 3.30. The fourth-order valence-electron chi connectivity index (χ4n) is 2.36. The molecule has 0 saturated carbocycles. The van der Waals surface area contributed by atoms with Gasteiger partial charge in [-0.15, -0.1) is 0 Å². The van der Waals surface area contributed by atoms with Crippen molar-refractivity contribution in [1.82, 2.24) is 5.32 Å². The molecule has 0 aliphatic heterocycles. The van der Waals surface area contributed by atoms with Crippen molar-refractivity contribution in [2.75, 3.05) is 13.7 Å². The molecule has 0 aliphatic carbocycles. The monoisotopic (exact) mass is 281 g/mol. The van der Waals surface area contributed by atoms with E-state index in [0.29, 0.717) is 0 Å². The fraction of sp³-hybridized carbons (Fsp3) is 0.467. The molecule has 1 aromatic carbocycles. The molecule has 0 aliphatic rings. The zero-order valence-corrected chi connectivity index (χ0v) is 12.3. The van der Waals surface area contributed by atoms with Gasteiger partial charge in [0.15, 0.2) is 0 Å². The smallest absolute Gasteiger partial charge is 0.134 e. The maximum absolute atomic E-state index is 6.00. The molecule has 19 heavy (non-hydrogen) atoms. The Morgan fingerprint density at radius 3 is 2.74 bits per heavy atom. The lowest BCUT2D eigenvalue weighted by Gasteiger charge is -2.23. The van der Waals surface area contributed by atoms with E-state index in [1.54, 1.807) is 7.11 Å². The number of rotatable bonds is 6. The molecule has 2 rings (SSSR count). The Hall–Kier alpha value is -1.03. The average molecular weight is 282 g/mol. The highest BCUT2D eigenvalue weighted by atomic mass is 35.5. The number of hydrogen-bond donors (Lipinski definition) is 1. The van der Waals surface area contributed by atoms with Crippen molar-refractivity contribution < 1.29 is 9.15 Å². The molecule has 0 amide bonds. The third-order valence-corrected chi connectivity index (χ3v) is 3.54. The lowest BCUT2D eigenvalue weighted by atomic mass is 10.1. The Labute approximate surface area is 118 Å². The second-order valence-electron chi connectivity index (χ2n) is 4.55. The molecule has 3 nitrogen and oxygen atoms in total. The third kappa shape index (κ3) is 3.11. The van der Waals surface area contributed by atoms with E-state index in [1.807, 2.05) is 24.3 Å². The molecule has 1 N–H and O–H groups in total. The van der Waals surface area contributed by atoms with E-state index in [0.717, 1.165) is 34.7 Å². The molecular weight excluding hydrogens is 262 g/mol. The van der Waals surface area contributed by atoms with Gasteiger partial charge in [-0.1, -0.05) is 25.4 Å². The van der Waals surface area contributed by atoms with E-state index in [4.69, 9.17) is 20.8 Å². The van der Waals surface area contributed by atoms with Gasteiger partial charge in [0.2, 0.25) is 0 Å². The molecule has 1 aromatic heterocycles. The minimum Gasteiger partial charge on any atom is -0.459 e. The molecule has 0 radical (unpaired) electrons. The van der Waals surface area contributed by atoms with Crippen LogP contribution in [0, 0.1) is 0 Å². The standard InChI is InChI=1S/C15H20ClNO2/c1-4-12(18-3)15(17-5-2)14-9-10-8-11(16)6-7-13(10)19-14/h6-9,12,15,17H,4-5H2,1-3H3. The van der Waals surface area contributed by atoms with Gasteiger partial charge < -0.3 is 14.5 Å². The molecule has 2 atom stereocenters. The van der Waals surface area contributed by atoms with Crippen LogP contribution in [0.4, 0.5) is 0 Å². The van der Waals surface area contributed by atoms with Gasteiger partial charge in [0.05, 0.1) is 12.1 Å². The molecular formula is C15H20ClNO2. The molecule has 0 saturated heterocycles. The van der Waals surface area contributed by atoms with Crippen LogP contribution in [0.25, 0.3) is 11.0 Å². The topological polar surface area (TPSA) is 34.4 Å². The lowest BCUT2D eigenvalue weighted by Crippen LogP contribution is -2.32. The van der Waals surface area contributed by atoms with Gasteiger partial charge in [-0.25, -0.2) is 0 Å². The van der Waals surface area contributed by atoms with E-state index in [2.05, 4.69) is 19.2 Å². The fourth-order valence-corrected chi connectivity index (χ4v) is 2.54. The molecule has 0 bridgehead atoms. The quantitative estimate of drug-likeness (QED) is 0.863. The minimum atomic E-state index is 0.0613. The van der Waals surface area contributed by atoms with Gasteiger partial charge in [-0.3, -0.25) is 0 Å². The van der Waals surface area contributed by atoms with Crippen molar-refractivity contribution in [2.45, 2.75) is 32.4 Å². The van der Waals surface area contributed by atoms with Crippen LogP contribution in [0.2, 0.25) is 5.02 Å². The summed E-state index contributed by atoms with van der Waals surface area (Å²) in [4.78, 5) is 0. The van der Waals surface area contributed by atoms with Crippen molar-refractivity contribution in [3.8, 4) is 0 Å². The summed E-state index contributed by atoms with van der Waals surface area (Å²) in [6, 6.07) is 7.76. The van der Waals surface area contributed by atoms with Crippen LogP contribution in [0.5, 0.6) is 0 Å². The first kappa shape index (κ1) is 14.4. The van der Waals surface area contributed by atoms with Crippen molar-refractivity contribution >= 4 is 22.6 Å². The number of fused-ring (bicyclic) bond motifs is 1. The van der Waals surface area contributed by atoms with Crippen molar-refractivity contribution in [2.24, 2.45) is 0 Å². The summed E-state index contributed by atoms with van der Waals surface area (Å²) in [6.07, 6.45) is 1.02. The highest BCUT2D eigenvalue weighted by molar-refractivity contribution is 6.31. The zero-order valence-electron chi connectivity index (χ0n) is 11.6. The summed E-state index contributed by atoms with van der Waals surface area (Å²) in [5, 5.41) is 5.17. The van der Waals surface area contributed by atoms with Crippen LogP contribution in [-0.2, 0) is 4.74 Å². The Morgan fingerprint density at radius 1 is 1.32 bits per heavy atom. The van der Waals surface area contributed by atoms with Crippen molar-refractivity contribution in [1.29, 1.82) is 0 Å². The summed E-state index contributed by atoms with van der Waals surface area (Å²) < 4.78 is 11.5. The summed E-state index contributed by atoms with van der Waals surface area (Å²) >= 11 is 6.00. The van der Waals surface area contributed by atoms with E-state index in [1.165, 1.54) is 0 Å². The van der Waals surface area contributed by atoms with E-state index >= 15 is 0 Å². The second-order valence-corrected chi connectivity index (χ2v) is 4.99. The highest BCUT2D eigenvalue weighted by Crippen LogP contribution is 2.29. The van der Waals surface area contributed by atoms with Crippen molar-refractivity contribution in [3.05, 3.63) is 35.0 Å². The van der Waals surface area contributed by atoms with Crippen LogP contribution in [-0.4, -0.2) is 19.8 Å². The number of furan rings is 1. The molecule has 0 fully saturated rings. The molecule has 4 heteroatoms. The Balaban J connectivity index is 2.38. The van der Waals surface area contributed by atoms with E-state index < -0.39 is 0 Å². The van der Waals surface area contributed by atoms with Gasteiger partial charge >= 0.3 is 0 Å². The predicted octanol–water partition coefficient (Wildman–Crippen LogP) is 4.16. The van der Waals surface area contributed by atoms with Crippen LogP contribution in [0.1, 0.15) is 32.1 Å². The van der Waals surface area contributed by atoms with Gasteiger partial charge in [0.1, 0.15) is 11.3 Å². The second kappa shape index (κ2) is 6.42. The van der Waals surface area contributed by atoms with Crippen LogP contribution in [0.15, 0.2) is 28.7 Å². The Morgan fingerprint density at radius 2 is 2.11 bits per heavy atom. The first-order valence-electron chi connectivity index (χ1n) is 6.64. The summed E-state index contributed by atoms with van der Waals surface area (Å²) in [7, 11) is 1.73. The maximum atomic E-state index is 6.00. The largest absolute Gasteiger partial charge is 0.459 e. The summed E-state index contributed by atoms with van der Waals surface area (Å²) in [6.45, 7) is 5.05. The minimum absolute atomic E-state index is 0.0613. The summed E-state index contributed by atoms with van der Waals surface area (Å²) in [5.74, 6) is 0.896. The first-order valence-corrected chi connectivity index (χ1v) is 7.02. The number of ether oxygens (including phenoxy) is 1. The van der Waals surface area contributed by atoms with Crippen LogP contribution in [0.3, 0.4) is 0 Å². The van der Waals surface area contributed by atoms with Gasteiger partial charge in [-0.05, 0) is 37.2 Å². The van der Waals surface area contributed by atoms with E-state index in [9.17, 15) is 0 Å². The highest BCUT2D eigenvalue weighted by Gasteiger charge is 2.24. The maximum Gasteiger partial charge on any atom is 0.134 e. The normalized spacial score (nSPS) is 14.7. The average Bonchev–Trinajstić information content (AvgIpc) is 2.81. The molecule has 2 aromatic rings. The van der Waals surface area contributed by atoms with Crippen LogP contribution >= 0.6 is 11.6 Å². The lowest BCUT2D eigenvalue weighted by molar-refractivity contribution is 0.0591. The predicted molar refractivity (Wildman–Crippen MR) is 78.7 cm³/mol. The number of likely N-dealkylation sites (N-methyl/N-ethyl adjacent to an activating group) is 1. The molecule has 2 unspecified atom stereocenters. The summed E-state index contributed by atoms with van der Waals surface area (Å²) in [5.41, 5.74) is 0.855. The van der Waals surface area contributed by atoms with Gasteiger partial charge in [-0.2, -0.15) is 0 Å². The van der Waals surface area contributed by atoms with E-state index in [-0.39, 0.29) is 12.1 Å². The SMILES string of the molecule is CCNC(c1cc2cc(Cl)ccc2o1)C(CC)OC.